The molecule has 0 radical (unpaired) electrons. The van der Waals surface area contributed by atoms with Gasteiger partial charge in [-0.15, -0.1) is 0 Å². The molecule has 3 rings (SSSR count). The molecule has 0 saturated carbocycles. The van der Waals surface area contributed by atoms with Crippen LogP contribution in [0.1, 0.15) is 37.5 Å². The normalized spacial score (nSPS) is 16.1. The predicted molar refractivity (Wildman–Crippen MR) is 84.7 cm³/mol. The molecule has 3 nitrogen and oxygen atoms in total. The van der Waals surface area contributed by atoms with Gasteiger partial charge >= 0.3 is 0 Å². The van der Waals surface area contributed by atoms with Crippen molar-refractivity contribution in [3.05, 3.63) is 35.0 Å². The second-order valence-electron chi connectivity index (χ2n) is 6.29. The Balaban J connectivity index is 2.08. The first-order valence-electron chi connectivity index (χ1n) is 7.70. The van der Waals surface area contributed by atoms with Crippen LogP contribution in [0, 0.1) is 5.92 Å². The Bertz CT molecular complexity index is 625. The minimum atomic E-state index is 0.234. The molecule has 1 aliphatic heterocycles. The SMILES string of the molecule is CCn1cc(CC(N)C(C)C)c2cc3c(cc21)CNC3. The summed E-state index contributed by atoms with van der Waals surface area (Å²) in [5.74, 6) is 0.520. The molecule has 2 heterocycles. The molecule has 3 heteroatoms. The first kappa shape index (κ1) is 13.7. The van der Waals surface area contributed by atoms with Crippen molar-refractivity contribution < 1.29 is 0 Å². The Morgan fingerprint density at radius 2 is 1.95 bits per heavy atom. The fourth-order valence-corrected chi connectivity index (χ4v) is 3.07. The highest BCUT2D eigenvalue weighted by Crippen LogP contribution is 2.29. The van der Waals surface area contributed by atoms with Crippen molar-refractivity contribution in [2.24, 2.45) is 11.7 Å². The summed E-state index contributed by atoms with van der Waals surface area (Å²) < 4.78 is 2.36. The maximum absolute atomic E-state index is 6.28. The van der Waals surface area contributed by atoms with Crippen molar-refractivity contribution in [1.82, 2.24) is 9.88 Å². The smallest absolute Gasteiger partial charge is 0.0486 e. The van der Waals surface area contributed by atoms with Gasteiger partial charge in [0.1, 0.15) is 0 Å². The fraction of sp³-hybridized carbons (Fsp3) is 0.529. The van der Waals surface area contributed by atoms with E-state index in [0.717, 1.165) is 26.1 Å². The van der Waals surface area contributed by atoms with Crippen molar-refractivity contribution in [2.45, 2.75) is 52.9 Å². The fourth-order valence-electron chi connectivity index (χ4n) is 3.07. The summed E-state index contributed by atoms with van der Waals surface area (Å²) in [6.07, 6.45) is 3.27. The van der Waals surface area contributed by atoms with E-state index < -0.39 is 0 Å². The predicted octanol–water partition coefficient (Wildman–Crippen LogP) is 2.79. The minimum Gasteiger partial charge on any atom is -0.347 e. The van der Waals surface area contributed by atoms with Crippen LogP contribution in [0.2, 0.25) is 0 Å². The molecular weight excluding hydrogens is 246 g/mol. The second kappa shape index (κ2) is 5.23. The third-order valence-corrected chi connectivity index (χ3v) is 4.57. The van der Waals surface area contributed by atoms with Gasteiger partial charge in [-0.05, 0) is 48.1 Å². The van der Waals surface area contributed by atoms with E-state index in [1.807, 2.05) is 0 Å². The van der Waals surface area contributed by atoms with Crippen LogP contribution in [0.15, 0.2) is 18.3 Å². The number of rotatable bonds is 4. The van der Waals surface area contributed by atoms with E-state index in [1.54, 1.807) is 0 Å². The van der Waals surface area contributed by atoms with Crippen molar-refractivity contribution in [1.29, 1.82) is 0 Å². The van der Waals surface area contributed by atoms with Crippen LogP contribution in [-0.2, 0) is 26.1 Å². The summed E-state index contributed by atoms with van der Waals surface area (Å²) >= 11 is 0. The number of benzene rings is 1. The van der Waals surface area contributed by atoms with E-state index in [2.05, 4.69) is 49.0 Å². The summed E-state index contributed by atoms with van der Waals surface area (Å²) in [4.78, 5) is 0. The Morgan fingerprint density at radius 1 is 1.25 bits per heavy atom. The average molecular weight is 271 g/mol. The van der Waals surface area contributed by atoms with Gasteiger partial charge in [0.25, 0.3) is 0 Å². The number of nitrogens with one attached hydrogen (secondary N) is 1. The van der Waals surface area contributed by atoms with E-state index in [0.29, 0.717) is 5.92 Å². The molecule has 1 atom stereocenters. The maximum atomic E-state index is 6.28. The zero-order valence-electron chi connectivity index (χ0n) is 12.7. The zero-order chi connectivity index (χ0) is 14.3. The molecule has 2 aromatic rings. The van der Waals surface area contributed by atoms with Crippen LogP contribution in [0.25, 0.3) is 10.9 Å². The maximum Gasteiger partial charge on any atom is 0.0486 e. The van der Waals surface area contributed by atoms with Gasteiger partial charge in [0, 0.05) is 42.8 Å². The summed E-state index contributed by atoms with van der Waals surface area (Å²) in [5, 5.41) is 4.83. The van der Waals surface area contributed by atoms with E-state index in [-0.39, 0.29) is 6.04 Å². The molecule has 0 aliphatic carbocycles. The van der Waals surface area contributed by atoms with Gasteiger partial charge in [0.05, 0.1) is 0 Å². The molecule has 0 fully saturated rings. The molecule has 1 unspecified atom stereocenters. The standard InChI is InChI=1S/C17H25N3/c1-4-20-10-14(6-16(18)11(2)3)15-5-12-8-19-9-13(12)7-17(15)20/h5,7,10-11,16,19H,4,6,8-9,18H2,1-3H3. The molecule has 20 heavy (non-hydrogen) atoms. The van der Waals surface area contributed by atoms with Gasteiger partial charge in [0.15, 0.2) is 0 Å². The van der Waals surface area contributed by atoms with E-state index in [9.17, 15) is 0 Å². The average Bonchev–Trinajstić information content (AvgIpc) is 3.00. The van der Waals surface area contributed by atoms with Crippen LogP contribution < -0.4 is 11.1 Å². The molecule has 0 bridgehead atoms. The van der Waals surface area contributed by atoms with E-state index in [1.165, 1.54) is 27.6 Å². The van der Waals surface area contributed by atoms with Crippen LogP contribution in [0.5, 0.6) is 0 Å². The third kappa shape index (κ3) is 2.25. The monoisotopic (exact) mass is 271 g/mol. The lowest BCUT2D eigenvalue weighted by Gasteiger charge is -2.14. The molecule has 1 aromatic carbocycles. The zero-order valence-corrected chi connectivity index (χ0v) is 12.7. The van der Waals surface area contributed by atoms with Crippen LogP contribution in [0.3, 0.4) is 0 Å². The number of fused-ring (bicyclic) bond motifs is 2. The van der Waals surface area contributed by atoms with Crippen LogP contribution in [0.4, 0.5) is 0 Å². The highest BCUT2D eigenvalue weighted by molar-refractivity contribution is 5.86. The van der Waals surface area contributed by atoms with Gasteiger partial charge < -0.3 is 15.6 Å². The quantitative estimate of drug-likeness (QED) is 0.898. The number of hydrogen-bond acceptors (Lipinski definition) is 2. The van der Waals surface area contributed by atoms with Crippen molar-refractivity contribution in [2.75, 3.05) is 0 Å². The highest BCUT2D eigenvalue weighted by atomic mass is 15.0. The second-order valence-corrected chi connectivity index (χ2v) is 6.29. The number of nitrogens with zero attached hydrogens (tertiary/aromatic N) is 1. The lowest BCUT2D eigenvalue weighted by Crippen LogP contribution is -2.28. The summed E-state index contributed by atoms with van der Waals surface area (Å²) in [7, 11) is 0. The first-order chi connectivity index (χ1) is 9.60. The van der Waals surface area contributed by atoms with E-state index >= 15 is 0 Å². The van der Waals surface area contributed by atoms with Crippen molar-refractivity contribution in [3.8, 4) is 0 Å². The highest BCUT2D eigenvalue weighted by Gasteiger charge is 2.17. The lowest BCUT2D eigenvalue weighted by atomic mass is 9.96. The van der Waals surface area contributed by atoms with Gasteiger partial charge in [-0.2, -0.15) is 0 Å². The molecule has 1 aliphatic rings. The molecule has 1 aromatic heterocycles. The summed E-state index contributed by atoms with van der Waals surface area (Å²) in [5.41, 5.74) is 11.9. The summed E-state index contributed by atoms with van der Waals surface area (Å²) in [6.45, 7) is 9.62. The Morgan fingerprint density at radius 3 is 2.60 bits per heavy atom. The Hall–Kier alpha value is -1.32. The minimum absolute atomic E-state index is 0.234. The van der Waals surface area contributed by atoms with Crippen LogP contribution >= 0.6 is 0 Å². The van der Waals surface area contributed by atoms with Gasteiger partial charge in [-0.1, -0.05) is 13.8 Å². The molecular formula is C17H25N3. The van der Waals surface area contributed by atoms with Crippen LogP contribution in [-0.4, -0.2) is 10.6 Å². The molecule has 0 saturated heterocycles. The van der Waals surface area contributed by atoms with Gasteiger partial charge in [-0.3, -0.25) is 0 Å². The van der Waals surface area contributed by atoms with Crippen molar-refractivity contribution >= 4 is 10.9 Å². The Kier molecular flexibility index (Phi) is 3.57. The Labute approximate surface area is 121 Å². The molecule has 3 N–H and O–H groups in total. The number of nitrogens with two attached hydrogens (primary N) is 1. The molecule has 0 amide bonds. The van der Waals surface area contributed by atoms with Gasteiger partial charge in [0.2, 0.25) is 0 Å². The topological polar surface area (TPSA) is 43.0 Å². The molecule has 108 valence electrons. The largest absolute Gasteiger partial charge is 0.347 e. The van der Waals surface area contributed by atoms with Gasteiger partial charge in [-0.25, -0.2) is 0 Å². The summed E-state index contributed by atoms with van der Waals surface area (Å²) in [6, 6.07) is 4.97. The van der Waals surface area contributed by atoms with E-state index in [4.69, 9.17) is 5.73 Å². The number of hydrogen-bond donors (Lipinski definition) is 2. The van der Waals surface area contributed by atoms with Crippen molar-refractivity contribution in [3.63, 3.8) is 0 Å². The number of aromatic nitrogens is 1. The molecule has 0 spiro atoms. The number of aryl methyl sites for hydroxylation is 1. The third-order valence-electron chi connectivity index (χ3n) is 4.57. The first-order valence-corrected chi connectivity index (χ1v) is 7.70. The lowest BCUT2D eigenvalue weighted by molar-refractivity contribution is 0.491.